The number of carboxylic acids is 1. The van der Waals surface area contributed by atoms with Crippen LogP contribution in [0.2, 0.25) is 5.02 Å². The van der Waals surface area contributed by atoms with Crippen molar-refractivity contribution in [2.45, 2.75) is 25.9 Å². The Bertz CT molecular complexity index is 897. The molecule has 0 bridgehead atoms. The second-order valence-electron chi connectivity index (χ2n) is 5.59. The first-order valence-electron chi connectivity index (χ1n) is 7.24. The van der Waals surface area contributed by atoms with Crippen LogP contribution in [-0.2, 0) is 13.0 Å². The van der Waals surface area contributed by atoms with Crippen molar-refractivity contribution in [3.05, 3.63) is 51.3 Å². The molecule has 2 N–H and O–H groups in total. The van der Waals surface area contributed by atoms with Crippen molar-refractivity contribution in [1.29, 1.82) is 5.26 Å². The number of hydrogen-bond acceptors (Lipinski definition) is 5. The van der Waals surface area contributed by atoms with Crippen molar-refractivity contribution >= 4 is 23.5 Å². The lowest BCUT2D eigenvalue weighted by atomic mass is 10.0. The summed E-state index contributed by atoms with van der Waals surface area (Å²) in [5.41, 5.74) is 1.26. The van der Waals surface area contributed by atoms with Gasteiger partial charge in [0.15, 0.2) is 5.69 Å². The van der Waals surface area contributed by atoms with Gasteiger partial charge in [-0.2, -0.15) is 15.0 Å². The van der Waals surface area contributed by atoms with Crippen LogP contribution in [0.4, 0.5) is 0 Å². The van der Waals surface area contributed by atoms with Crippen LogP contribution in [-0.4, -0.2) is 32.8 Å². The van der Waals surface area contributed by atoms with Gasteiger partial charge in [0.05, 0.1) is 16.3 Å². The molecule has 0 saturated carbocycles. The SMILES string of the molecule is CC1Cc2nn(C(=O)c3ccc(Cl)c(C#N)c3)c(C(=O)O)c2CN1. The summed E-state index contributed by atoms with van der Waals surface area (Å²) in [4.78, 5) is 24.3. The molecule has 0 fully saturated rings. The van der Waals surface area contributed by atoms with Crippen molar-refractivity contribution in [1.82, 2.24) is 15.1 Å². The number of nitriles is 1. The summed E-state index contributed by atoms with van der Waals surface area (Å²) in [5, 5.41) is 26.1. The fourth-order valence-electron chi connectivity index (χ4n) is 2.72. The molecule has 0 radical (unpaired) electrons. The fraction of sp³-hybridized carbons (Fsp3) is 0.250. The number of benzene rings is 1. The highest BCUT2D eigenvalue weighted by Crippen LogP contribution is 2.23. The Morgan fingerprint density at radius 1 is 1.50 bits per heavy atom. The number of rotatable bonds is 2. The lowest BCUT2D eigenvalue weighted by Gasteiger charge is -2.18. The van der Waals surface area contributed by atoms with Crippen LogP contribution >= 0.6 is 11.6 Å². The van der Waals surface area contributed by atoms with Crippen LogP contribution in [0.15, 0.2) is 18.2 Å². The van der Waals surface area contributed by atoms with Crippen molar-refractivity contribution < 1.29 is 14.7 Å². The highest BCUT2D eigenvalue weighted by Gasteiger charge is 2.30. The number of carbonyl (C=O) groups is 2. The second kappa shape index (κ2) is 6.07. The normalized spacial score (nSPS) is 16.3. The van der Waals surface area contributed by atoms with Crippen LogP contribution in [0.25, 0.3) is 0 Å². The minimum absolute atomic E-state index is 0.145. The Kier molecular flexibility index (Phi) is 4.09. The van der Waals surface area contributed by atoms with E-state index in [2.05, 4.69) is 10.4 Å². The minimum atomic E-state index is -1.22. The zero-order valence-electron chi connectivity index (χ0n) is 12.7. The first-order chi connectivity index (χ1) is 11.4. The molecule has 3 rings (SSSR count). The highest BCUT2D eigenvalue weighted by molar-refractivity contribution is 6.31. The molecule has 0 aliphatic carbocycles. The molecule has 24 heavy (non-hydrogen) atoms. The molecule has 0 saturated heterocycles. The highest BCUT2D eigenvalue weighted by atomic mass is 35.5. The zero-order valence-corrected chi connectivity index (χ0v) is 13.5. The molecule has 1 aliphatic rings. The monoisotopic (exact) mass is 344 g/mol. The first kappa shape index (κ1) is 16.2. The van der Waals surface area contributed by atoms with Crippen LogP contribution in [0, 0.1) is 11.3 Å². The summed E-state index contributed by atoms with van der Waals surface area (Å²) in [6, 6.07) is 6.25. The number of halogens is 1. The number of fused-ring (bicyclic) bond motifs is 1. The second-order valence-corrected chi connectivity index (χ2v) is 6.00. The van der Waals surface area contributed by atoms with E-state index in [4.69, 9.17) is 16.9 Å². The standard InChI is InChI=1S/C16H13ClN4O3/c1-8-4-13-11(7-19-8)14(16(23)24)21(20-13)15(22)9-2-3-12(17)10(5-9)6-18/h2-3,5,8,19H,4,7H2,1H3,(H,23,24). The van der Waals surface area contributed by atoms with Crippen molar-refractivity contribution in [3.8, 4) is 6.07 Å². The Hall–Kier alpha value is -2.69. The smallest absolute Gasteiger partial charge is 0.355 e. The number of hydrogen-bond donors (Lipinski definition) is 2. The lowest BCUT2D eigenvalue weighted by molar-refractivity contribution is 0.0671. The van der Waals surface area contributed by atoms with Crippen LogP contribution in [0.3, 0.4) is 0 Å². The maximum absolute atomic E-state index is 12.7. The van der Waals surface area contributed by atoms with E-state index in [-0.39, 0.29) is 27.9 Å². The number of carbonyl (C=O) groups excluding carboxylic acids is 1. The maximum Gasteiger partial charge on any atom is 0.355 e. The van der Waals surface area contributed by atoms with E-state index < -0.39 is 11.9 Å². The zero-order chi connectivity index (χ0) is 17.4. The van der Waals surface area contributed by atoms with Gasteiger partial charge in [0.1, 0.15) is 6.07 Å². The molecule has 2 heterocycles. The molecule has 2 aromatic rings. The summed E-state index contributed by atoms with van der Waals surface area (Å²) < 4.78 is 0.900. The van der Waals surface area contributed by atoms with E-state index in [0.29, 0.717) is 24.2 Å². The van der Waals surface area contributed by atoms with Gasteiger partial charge in [-0.15, -0.1) is 0 Å². The predicted molar refractivity (Wildman–Crippen MR) is 85.1 cm³/mol. The van der Waals surface area contributed by atoms with Crippen LogP contribution in [0.5, 0.6) is 0 Å². The molecule has 1 unspecified atom stereocenters. The predicted octanol–water partition coefficient (Wildman–Crippen LogP) is 1.83. The molecule has 1 aromatic heterocycles. The summed E-state index contributed by atoms with van der Waals surface area (Å²) in [7, 11) is 0. The Balaban J connectivity index is 2.11. The molecule has 0 spiro atoms. The Labute approximate surface area is 142 Å². The van der Waals surface area contributed by atoms with E-state index in [1.807, 2.05) is 13.0 Å². The number of nitrogens with one attached hydrogen (secondary N) is 1. The van der Waals surface area contributed by atoms with Gasteiger partial charge in [-0.3, -0.25) is 4.79 Å². The lowest BCUT2D eigenvalue weighted by Crippen LogP contribution is -2.33. The van der Waals surface area contributed by atoms with Crippen LogP contribution in [0.1, 0.15) is 44.6 Å². The van der Waals surface area contributed by atoms with Gasteiger partial charge in [0, 0.05) is 30.1 Å². The van der Waals surface area contributed by atoms with E-state index in [9.17, 15) is 14.7 Å². The maximum atomic E-state index is 12.7. The largest absolute Gasteiger partial charge is 0.476 e. The van der Waals surface area contributed by atoms with E-state index in [0.717, 1.165) is 4.68 Å². The first-order valence-corrected chi connectivity index (χ1v) is 7.62. The summed E-state index contributed by atoms with van der Waals surface area (Å²) >= 11 is 5.87. The average Bonchev–Trinajstić information content (AvgIpc) is 2.93. The molecular formula is C16H13ClN4O3. The molecule has 1 aliphatic heterocycles. The molecule has 122 valence electrons. The van der Waals surface area contributed by atoms with Crippen molar-refractivity contribution in [3.63, 3.8) is 0 Å². The number of aromatic carboxylic acids is 1. The molecule has 8 heteroatoms. The number of aromatic nitrogens is 2. The third-order valence-corrected chi connectivity index (χ3v) is 4.25. The molecule has 1 atom stereocenters. The summed E-state index contributed by atoms with van der Waals surface area (Å²) in [5.74, 6) is -1.83. The van der Waals surface area contributed by atoms with Crippen molar-refractivity contribution in [2.75, 3.05) is 0 Å². The van der Waals surface area contributed by atoms with Crippen LogP contribution < -0.4 is 5.32 Å². The van der Waals surface area contributed by atoms with E-state index >= 15 is 0 Å². The van der Waals surface area contributed by atoms with E-state index in [1.54, 1.807) is 0 Å². The minimum Gasteiger partial charge on any atom is -0.476 e. The topological polar surface area (TPSA) is 108 Å². The van der Waals surface area contributed by atoms with Gasteiger partial charge < -0.3 is 10.4 Å². The fourth-order valence-corrected chi connectivity index (χ4v) is 2.88. The van der Waals surface area contributed by atoms with Gasteiger partial charge in [-0.05, 0) is 25.1 Å². The Morgan fingerprint density at radius 3 is 2.92 bits per heavy atom. The summed E-state index contributed by atoms with van der Waals surface area (Å²) in [6.45, 7) is 2.30. The Morgan fingerprint density at radius 2 is 2.25 bits per heavy atom. The molecule has 7 nitrogen and oxygen atoms in total. The third-order valence-electron chi connectivity index (χ3n) is 3.92. The van der Waals surface area contributed by atoms with E-state index in [1.165, 1.54) is 18.2 Å². The van der Waals surface area contributed by atoms with Gasteiger partial charge >= 0.3 is 5.97 Å². The molecular weight excluding hydrogens is 332 g/mol. The quantitative estimate of drug-likeness (QED) is 0.860. The van der Waals surface area contributed by atoms with Crippen molar-refractivity contribution in [2.24, 2.45) is 0 Å². The third kappa shape index (κ3) is 2.66. The summed E-state index contributed by atoms with van der Waals surface area (Å²) in [6.07, 6.45) is 0.542. The average molecular weight is 345 g/mol. The molecule has 0 amide bonds. The van der Waals surface area contributed by atoms with Gasteiger partial charge in [-0.25, -0.2) is 4.79 Å². The number of nitrogens with zero attached hydrogens (tertiary/aromatic N) is 3. The van der Waals surface area contributed by atoms with Gasteiger partial charge in [0.25, 0.3) is 5.91 Å². The van der Waals surface area contributed by atoms with Gasteiger partial charge in [-0.1, -0.05) is 11.6 Å². The molecule has 1 aromatic carbocycles. The van der Waals surface area contributed by atoms with Gasteiger partial charge in [0.2, 0.25) is 0 Å². The number of carboxylic acid groups (broad SMARTS) is 1.